The van der Waals surface area contributed by atoms with Gasteiger partial charge in [0.15, 0.2) is 0 Å². The van der Waals surface area contributed by atoms with Crippen LogP contribution in [0.3, 0.4) is 0 Å². The van der Waals surface area contributed by atoms with Crippen LogP contribution in [0, 0.1) is 24.6 Å². The molecule has 150 valence electrons. The number of benzene rings is 1. The summed E-state index contributed by atoms with van der Waals surface area (Å²) in [5.74, 6) is -1.66. The smallest absolute Gasteiger partial charge is 0.234 e. The highest BCUT2D eigenvalue weighted by Crippen LogP contribution is 2.53. The molecule has 7 heteroatoms. The number of hydrogen-bond donors (Lipinski definition) is 0. The van der Waals surface area contributed by atoms with E-state index in [2.05, 4.69) is 0 Å². The number of fused-ring (bicyclic) bond motifs is 1. The van der Waals surface area contributed by atoms with Gasteiger partial charge >= 0.3 is 0 Å². The van der Waals surface area contributed by atoms with Crippen LogP contribution in [0.4, 0.5) is 10.1 Å². The summed E-state index contributed by atoms with van der Waals surface area (Å²) < 4.78 is 19.5. The van der Waals surface area contributed by atoms with Crippen LogP contribution in [-0.4, -0.2) is 42.0 Å². The van der Waals surface area contributed by atoms with Crippen LogP contribution in [0.2, 0.25) is 0 Å². The van der Waals surface area contributed by atoms with Gasteiger partial charge in [0.1, 0.15) is 11.4 Å². The van der Waals surface area contributed by atoms with E-state index in [9.17, 15) is 14.0 Å². The summed E-state index contributed by atoms with van der Waals surface area (Å²) in [7, 11) is 1.78. The molecule has 2 amide bonds. The molecule has 5 nitrogen and oxygen atoms in total. The zero-order valence-corrected chi connectivity index (χ0v) is 17.0. The van der Waals surface area contributed by atoms with Crippen LogP contribution >= 0.6 is 11.3 Å². The van der Waals surface area contributed by atoms with Gasteiger partial charge in [0.2, 0.25) is 11.8 Å². The van der Waals surface area contributed by atoms with E-state index in [4.69, 9.17) is 4.74 Å². The number of carbonyl (C=O) groups excluding carboxylic acids is 2. The average Bonchev–Trinajstić information content (AvgIpc) is 3.44. The Bertz CT molecular complexity index is 1020. The minimum absolute atomic E-state index is 0.0756. The molecule has 2 bridgehead atoms. The maximum atomic E-state index is 13.3. The van der Waals surface area contributed by atoms with E-state index in [0.29, 0.717) is 18.8 Å². The van der Waals surface area contributed by atoms with Crippen molar-refractivity contribution in [2.45, 2.75) is 25.2 Å². The Morgan fingerprint density at radius 1 is 1.34 bits per heavy atom. The van der Waals surface area contributed by atoms with Gasteiger partial charge in [0.05, 0.1) is 31.0 Å². The number of anilines is 1. The second-order valence-electron chi connectivity index (χ2n) is 8.02. The fourth-order valence-corrected chi connectivity index (χ4v) is 5.69. The highest BCUT2D eigenvalue weighted by atomic mass is 32.1. The predicted octanol–water partition coefficient (Wildman–Crippen LogP) is 3.14. The highest BCUT2D eigenvalue weighted by molar-refractivity contribution is 7.10. The van der Waals surface area contributed by atoms with Crippen molar-refractivity contribution in [3.8, 4) is 0 Å². The minimum atomic E-state index is -0.782. The van der Waals surface area contributed by atoms with Crippen molar-refractivity contribution < 1.29 is 18.7 Å². The topological polar surface area (TPSA) is 49.9 Å². The third-order valence-electron chi connectivity index (χ3n) is 6.25. The summed E-state index contributed by atoms with van der Waals surface area (Å²) >= 11 is 1.63. The predicted molar refractivity (Wildman–Crippen MR) is 108 cm³/mol. The van der Waals surface area contributed by atoms with Crippen LogP contribution < -0.4 is 4.90 Å². The molecule has 3 aliphatic heterocycles. The Balaban J connectivity index is 1.42. The molecule has 0 radical (unpaired) electrons. The van der Waals surface area contributed by atoms with Crippen LogP contribution in [0.5, 0.6) is 0 Å². The number of carbonyl (C=O) groups is 2. The molecule has 5 rings (SSSR count). The van der Waals surface area contributed by atoms with Gasteiger partial charge < -0.3 is 14.5 Å². The van der Waals surface area contributed by atoms with E-state index >= 15 is 0 Å². The standard InChI is InChI=1S/C22H21FN2O3S/c1-13-8-10-29-17(13)11-24(2)20(26)18-16-7-9-22(28-16)12-25(21(27)19(18)22)15-5-3-14(23)4-6-15/h3-10,16,18-19H,11-12H2,1-2H3/t16-,18?,19?,22-/m1/s1. The number of nitrogens with zero attached hydrogens (tertiary/aromatic N) is 2. The van der Waals surface area contributed by atoms with Crippen molar-refractivity contribution in [3.63, 3.8) is 0 Å². The van der Waals surface area contributed by atoms with E-state index in [1.165, 1.54) is 12.1 Å². The van der Waals surface area contributed by atoms with Gasteiger partial charge in [-0.1, -0.05) is 12.2 Å². The molecule has 4 heterocycles. The first-order valence-corrected chi connectivity index (χ1v) is 10.5. The van der Waals surface area contributed by atoms with Crippen molar-refractivity contribution in [1.29, 1.82) is 0 Å². The number of aryl methyl sites for hydroxylation is 1. The zero-order chi connectivity index (χ0) is 20.3. The van der Waals surface area contributed by atoms with Crippen molar-refractivity contribution >= 4 is 28.8 Å². The van der Waals surface area contributed by atoms with Gasteiger partial charge in [-0.3, -0.25) is 9.59 Å². The zero-order valence-electron chi connectivity index (χ0n) is 16.2. The van der Waals surface area contributed by atoms with E-state index in [0.717, 1.165) is 10.4 Å². The molecule has 29 heavy (non-hydrogen) atoms. The Morgan fingerprint density at radius 3 is 2.79 bits per heavy atom. The second-order valence-corrected chi connectivity index (χ2v) is 9.02. The van der Waals surface area contributed by atoms with E-state index in [-0.39, 0.29) is 23.7 Å². The SMILES string of the molecule is Cc1ccsc1CN(C)C(=O)C1C2C(=O)N(c3ccc(F)cc3)C[C@]23C=C[C@H]1O3. The molecular formula is C22H21FN2O3S. The van der Waals surface area contributed by atoms with Crippen LogP contribution in [0.25, 0.3) is 0 Å². The third-order valence-corrected chi connectivity index (χ3v) is 7.26. The monoisotopic (exact) mass is 412 g/mol. The Labute approximate surface area is 172 Å². The summed E-state index contributed by atoms with van der Waals surface area (Å²) in [5.41, 5.74) is 1.000. The minimum Gasteiger partial charge on any atom is -0.360 e. The fraction of sp³-hybridized carbons (Fsp3) is 0.364. The Hall–Kier alpha value is -2.51. The summed E-state index contributed by atoms with van der Waals surface area (Å²) in [4.78, 5) is 31.1. The van der Waals surface area contributed by atoms with E-state index in [1.807, 2.05) is 30.5 Å². The van der Waals surface area contributed by atoms with Crippen molar-refractivity contribution in [3.05, 3.63) is 64.1 Å². The summed E-state index contributed by atoms with van der Waals surface area (Å²) in [6.45, 7) is 2.89. The van der Waals surface area contributed by atoms with Gasteiger partial charge in [-0.25, -0.2) is 4.39 Å². The fourth-order valence-electron chi connectivity index (χ4n) is 4.73. The number of rotatable bonds is 4. The normalized spacial score (nSPS) is 29.6. The number of hydrogen-bond acceptors (Lipinski definition) is 4. The lowest BCUT2D eigenvalue weighted by atomic mass is 9.76. The largest absolute Gasteiger partial charge is 0.360 e. The quantitative estimate of drug-likeness (QED) is 0.725. The lowest BCUT2D eigenvalue weighted by Gasteiger charge is -2.27. The molecule has 1 spiro atoms. The van der Waals surface area contributed by atoms with Gasteiger partial charge in [0.25, 0.3) is 0 Å². The molecule has 3 aliphatic rings. The lowest BCUT2D eigenvalue weighted by Crippen LogP contribution is -2.44. The lowest BCUT2D eigenvalue weighted by molar-refractivity contribution is -0.139. The third kappa shape index (κ3) is 2.75. The van der Waals surface area contributed by atoms with Crippen LogP contribution in [0.1, 0.15) is 10.4 Å². The number of halogens is 1. The summed E-state index contributed by atoms with van der Waals surface area (Å²) in [5, 5.41) is 2.02. The van der Waals surface area contributed by atoms with Gasteiger partial charge in [-0.2, -0.15) is 0 Å². The maximum Gasteiger partial charge on any atom is 0.234 e. The van der Waals surface area contributed by atoms with Crippen molar-refractivity contribution in [1.82, 2.24) is 4.90 Å². The molecule has 2 unspecified atom stereocenters. The molecule has 1 aromatic carbocycles. The molecule has 2 fully saturated rings. The second kappa shape index (κ2) is 6.50. The maximum absolute atomic E-state index is 13.3. The molecule has 0 saturated carbocycles. The molecule has 0 aliphatic carbocycles. The first kappa shape index (κ1) is 18.5. The average molecular weight is 412 g/mol. The van der Waals surface area contributed by atoms with Crippen molar-refractivity contribution in [2.75, 3.05) is 18.5 Å². The van der Waals surface area contributed by atoms with Gasteiger partial charge in [0, 0.05) is 17.6 Å². The first-order valence-electron chi connectivity index (χ1n) is 9.62. The first-order chi connectivity index (χ1) is 13.9. The Kier molecular flexibility index (Phi) is 4.15. The molecule has 0 N–H and O–H groups in total. The number of thiophene rings is 1. The van der Waals surface area contributed by atoms with E-state index < -0.39 is 17.4 Å². The summed E-state index contributed by atoms with van der Waals surface area (Å²) in [6, 6.07) is 7.88. The van der Waals surface area contributed by atoms with Crippen LogP contribution in [-0.2, 0) is 20.9 Å². The number of ether oxygens (including phenoxy) is 1. The molecule has 1 aromatic heterocycles. The number of amides is 2. The molecule has 2 saturated heterocycles. The van der Waals surface area contributed by atoms with Gasteiger partial charge in [-0.15, -0.1) is 11.3 Å². The molecule has 2 aromatic rings. The molecule has 4 atom stereocenters. The Morgan fingerprint density at radius 2 is 2.10 bits per heavy atom. The van der Waals surface area contributed by atoms with Crippen LogP contribution in [0.15, 0.2) is 47.9 Å². The van der Waals surface area contributed by atoms with Crippen molar-refractivity contribution in [2.24, 2.45) is 11.8 Å². The summed E-state index contributed by atoms with van der Waals surface area (Å²) in [6.07, 6.45) is 3.46. The highest BCUT2D eigenvalue weighted by Gasteiger charge is 2.67. The van der Waals surface area contributed by atoms with Gasteiger partial charge in [-0.05, 0) is 48.2 Å². The van der Waals surface area contributed by atoms with E-state index in [1.54, 1.807) is 40.3 Å². The molecular weight excluding hydrogens is 391 g/mol.